The van der Waals surface area contributed by atoms with Crippen molar-refractivity contribution in [2.75, 3.05) is 6.61 Å². The van der Waals surface area contributed by atoms with Crippen LogP contribution in [-0.2, 0) is 20.7 Å². The van der Waals surface area contributed by atoms with Crippen molar-refractivity contribution in [1.82, 2.24) is 5.32 Å². The summed E-state index contributed by atoms with van der Waals surface area (Å²) in [6, 6.07) is 12.2. The molecule has 0 atom stereocenters. The van der Waals surface area contributed by atoms with E-state index in [0.717, 1.165) is 4.88 Å². The van der Waals surface area contributed by atoms with E-state index in [1.54, 1.807) is 41.7 Å². The molecule has 5 nitrogen and oxygen atoms in total. The summed E-state index contributed by atoms with van der Waals surface area (Å²) in [7, 11) is 0. The van der Waals surface area contributed by atoms with Crippen LogP contribution in [0.4, 0.5) is 0 Å². The quantitative estimate of drug-likeness (QED) is 0.829. The molecule has 6 heteroatoms. The monoisotopic (exact) mass is 317 g/mol. The van der Waals surface area contributed by atoms with Crippen molar-refractivity contribution in [3.05, 3.63) is 58.3 Å². The van der Waals surface area contributed by atoms with E-state index in [0.29, 0.717) is 12.0 Å². The fourth-order valence-electron chi connectivity index (χ4n) is 1.72. The molecule has 0 saturated heterocycles. The fraction of sp³-hybridized carbons (Fsp3) is 0.188. The molecule has 1 heterocycles. The largest absolute Gasteiger partial charge is 0.456 e. The van der Waals surface area contributed by atoms with E-state index in [9.17, 15) is 14.4 Å². The van der Waals surface area contributed by atoms with E-state index in [4.69, 9.17) is 4.74 Å². The van der Waals surface area contributed by atoms with Gasteiger partial charge in [-0.2, -0.15) is 0 Å². The zero-order chi connectivity index (χ0) is 15.8. The number of hydrogen-bond acceptors (Lipinski definition) is 5. The molecule has 0 aliphatic carbocycles. The van der Waals surface area contributed by atoms with Crippen molar-refractivity contribution in [2.24, 2.45) is 0 Å². The number of carbonyl (C=O) groups excluding carboxylic acids is 3. The first-order valence-electron chi connectivity index (χ1n) is 6.72. The molecule has 114 valence electrons. The summed E-state index contributed by atoms with van der Waals surface area (Å²) in [5, 5.41) is 4.10. The summed E-state index contributed by atoms with van der Waals surface area (Å²) in [4.78, 5) is 35.9. The lowest BCUT2D eigenvalue weighted by Crippen LogP contribution is -2.34. The molecule has 0 radical (unpaired) electrons. The van der Waals surface area contributed by atoms with Crippen molar-refractivity contribution in [2.45, 2.75) is 12.8 Å². The Labute approximate surface area is 131 Å². The van der Waals surface area contributed by atoms with Crippen molar-refractivity contribution < 1.29 is 19.1 Å². The maximum Gasteiger partial charge on any atom is 0.306 e. The molecule has 22 heavy (non-hydrogen) atoms. The molecule has 0 unspecified atom stereocenters. The third kappa shape index (κ3) is 5.14. The Balaban J connectivity index is 1.69. The summed E-state index contributed by atoms with van der Waals surface area (Å²) in [5.41, 5.74) is 0.375. The molecule has 2 amide bonds. The minimum absolute atomic E-state index is 0.209. The molecule has 2 aromatic rings. The Hall–Kier alpha value is -2.47. The fourth-order valence-corrected chi connectivity index (χ4v) is 2.43. The zero-order valence-corrected chi connectivity index (χ0v) is 12.6. The van der Waals surface area contributed by atoms with Gasteiger partial charge in [-0.1, -0.05) is 24.3 Å². The Bertz CT molecular complexity index is 637. The van der Waals surface area contributed by atoms with Gasteiger partial charge < -0.3 is 4.74 Å². The summed E-state index contributed by atoms with van der Waals surface area (Å²) < 4.78 is 4.84. The number of ether oxygens (including phenoxy) is 1. The highest BCUT2D eigenvalue weighted by atomic mass is 32.1. The highest BCUT2D eigenvalue weighted by molar-refractivity contribution is 7.09. The highest BCUT2D eigenvalue weighted by Crippen LogP contribution is 2.11. The number of amides is 2. The smallest absolute Gasteiger partial charge is 0.306 e. The van der Waals surface area contributed by atoms with Crippen LogP contribution >= 0.6 is 11.3 Å². The van der Waals surface area contributed by atoms with E-state index in [2.05, 4.69) is 5.32 Å². The molecule has 0 spiro atoms. The molecule has 2 rings (SSSR count). The first-order chi connectivity index (χ1) is 10.6. The number of imide groups is 1. The van der Waals surface area contributed by atoms with Crippen LogP contribution in [0.15, 0.2) is 47.8 Å². The Kier molecular flexibility index (Phi) is 5.85. The van der Waals surface area contributed by atoms with Crippen LogP contribution in [0.3, 0.4) is 0 Å². The SMILES string of the molecule is O=C(COC(=O)CCc1cccs1)NC(=O)c1ccccc1. The summed E-state index contributed by atoms with van der Waals surface area (Å²) in [5.74, 6) is -1.62. The molecule has 0 fully saturated rings. The summed E-state index contributed by atoms with van der Waals surface area (Å²) >= 11 is 1.56. The molecular weight excluding hydrogens is 302 g/mol. The van der Waals surface area contributed by atoms with Gasteiger partial charge in [0.25, 0.3) is 11.8 Å². The second-order valence-corrected chi connectivity index (χ2v) is 5.52. The number of rotatable bonds is 6. The number of thiophene rings is 1. The minimum Gasteiger partial charge on any atom is -0.456 e. The van der Waals surface area contributed by atoms with E-state index in [1.165, 1.54) is 0 Å². The maximum atomic E-state index is 11.7. The van der Waals surface area contributed by atoms with E-state index >= 15 is 0 Å². The second kappa shape index (κ2) is 8.09. The van der Waals surface area contributed by atoms with Crippen molar-refractivity contribution in [3.8, 4) is 0 Å². The van der Waals surface area contributed by atoms with Crippen LogP contribution in [0.25, 0.3) is 0 Å². The number of esters is 1. The van der Waals surface area contributed by atoms with Gasteiger partial charge in [0.2, 0.25) is 0 Å². The van der Waals surface area contributed by atoms with Crippen LogP contribution in [0.5, 0.6) is 0 Å². The second-order valence-electron chi connectivity index (χ2n) is 4.48. The van der Waals surface area contributed by atoms with Gasteiger partial charge in [0.15, 0.2) is 6.61 Å². The van der Waals surface area contributed by atoms with Crippen LogP contribution in [0.1, 0.15) is 21.7 Å². The van der Waals surface area contributed by atoms with E-state index in [1.807, 2.05) is 17.5 Å². The average molecular weight is 317 g/mol. The molecule has 0 aliphatic rings. The third-order valence-corrected chi connectivity index (χ3v) is 3.74. The molecular formula is C16H15NO4S. The minimum atomic E-state index is -0.640. The predicted octanol–water partition coefficient (Wildman–Crippen LogP) is 2.18. The first-order valence-corrected chi connectivity index (χ1v) is 7.60. The van der Waals surface area contributed by atoms with Crippen molar-refractivity contribution >= 4 is 29.1 Å². The Morgan fingerprint density at radius 2 is 1.82 bits per heavy atom. The zero-order valence-electron chi connectivity index (χ0n) is 11.8. The normalized spacial score (nSPS) is 10.0. The van der Waals surface area contributed by atoms with Crippen LogP contribution in [0, 0.1) is 0 Å². The van der Waals surface area contributed by atoms with Gasteiger partial charge in [-0.05, 0) is 30.0 Å². The van der Waals surface area contributed by atoms with Gasteiger partial charge in [0.05, 0.1) is 6.42 Å². The van der Waals surface area contributed by atoms with Crippen LogP contribution < -0.4 is 5.32 Å². The van der Waals surface area contributed by atoms with Gasteiger partial charge in [0, 0.05) is 10.4 Å². The summed E-state index contributed by atoms with van der Waals surface area (Å²) in [6.45, 7) is -0.457. The first kappa shape index (κ1) is 15.9. The number of nitrogens with one attached hydrogen (secondary N) is 1. The topological polar surface area (TPSA) is 72.5 Å². The average Bonchev–Trinajstić information content (AvgIpc) is 3.05. The molecule has 1 aromatic carbocycles. The van der Waals surface area contributed by atoms with Gasteiger partial charge in [-0.25, -0.2) is 0 Å². The standard InChI is InChI=1S/C16H15NO4S/c18-14(17-16(20)12-5-2-1-3-6-12)11-21-15(19)9-8-13-7-4-10-22-13/h1-7,10H,8-9,11H2,(H,17,18,20). The number of aryl methyl sites for hydroxylation is 1. The lowest BCUT2D eigenvalue weighted by Gasteiger charge is -2.05. The van der Waals surface area contributed by atoms with E-state index < -0.39 is 24.4 Å². The molecule has 0 aliphatic heterocycles. The predicted molar refractivity (Wildman–Crippen MR) is 82.5 cm³/mol. The summed E-state index contributed by atoms with van der Waals surface area (Å²) in [6.07, 6.45) is 0.793. The number of carbonyl (C=O) groups is 3. The van der Waals surface area contributed by atoms with Gasteiger partial charge in [-0.3, -0.25) is 19.7 Å². The van der Waals surface area contributed by atoms with E-state index in [-0.39, 0.29) is 6.42 Å². The number of benzene rings is 1. The third-order valence-electron chi connectivity index (χ3n) is 2.81. The molecule has 0 bridgehead atoms. The Morgan fingerprint density at radius 3 is 2.50 bits per heavy atom. The Morgan fingerprint density at radius 1 is 1.05 bits per heavy atom. The molecule has 1 N–H and O–H groups in total. The van der Waals surface area contributed by atoms with Gasteiger partial charge in [-0.15, -0.1) is 11.3 Å². The molecule has 1 aromatic heterocycles. The van der Waals surface area contributed by atoms with Gasteiger partial charge in [0.1, 0.15) is 0 Å². The lowest BCUT2D eigenvalue weighted by atomic mass is 10.2. The maximum absolute atomic E-state index is 11.7. The highest BCUT2D eigenvalue weighted by Gasteiger charge is 2.12. The van der Waals surface area contributed by atoms with Crippen molar-refractivity contribution in [1.29, 1.82) is 0 Å². The van der Waals surface area contributed by atoms with Gasteiger partial charge >= 0.3 is 5.97 Å². The molecule has 0 saturated carbocycles. The van der Waals surface area contributed by atoms with Crippen LogP contribution in [-0.4, -0.2) is 24.4 Å². The van der Waals surface area contributed by atoms with Crippen LogP contribution in [0.2, 0.25) is 0 Å². The van der Waals surface area contributed by atoms with Crippen molar-refractivity contribution in [3.63, 3.8) is 0 Å². The number of hydrogen-bond donors (Lipinski definition) is 1. The lowest BCUT2D eigenvalue weighted by molar-refractivity contribution is -0.148.